The molecule has 0 spiro atoms. The van der Waals surface area contributed by atoms with Crippen LogP contribution in [0.15, 0.2) is 18.2 Å². The Hall–Kier alpha value is -1.22. The van der Waals surface area contributed by atoms with Crippen LogP contribution in [0.2, 0.25) is 0 Å². The van der Waals surface area contributed by atoms with Crippen molar-refractivity contribution < 1.29 is 0 Å². The smallest absolute Gasteiger partial charge is 0.0345 e. The van der Waals surface area contributed by atoms with Gasteiger partial charge < -0.3 is 11.1 Å². The van der Waals surface area contributed by atoms with Crippen LogP contribution in [0.3, 0.4) is 0 Å². The zero-order valence-electron chi connectivity index (χ0n) is 11.0. The predicted octanol–water partition coefficient (Wildman–Crippen LogP) is 2.47. The SMILES string of the molecule is Cc1cc(NCC(C)N(C)C2CC2)ccc1N. The van der Waals surface area contributed by atoms with Crippen molar-refractivity contribution in [2.75, 3.05) is 24.6 Å². The van der Waals surface area contributed by atoms with E-state index in [1.807, 2.05) is 19.1 Å². The van der Waals surface area contributed by atoms with E-state index in [1.165, 1.54) is 12.8 Å². The second-order valence-corrected chi connectivity index (χ2v) is 5.20. The lowest BCUT2D eigenvalue weighted by Gasteiger charge is -2.25. The van der Waals surface area contributed by atoms with Crippen LogP contribution in [0.4, 0.5) is 11.4 Å². The molecule has 0 aromatic heterocycles. The molecule has 1 aromatic rings. The third-order valence-corrected chi connectivity index (χ3v) is 3.69. The van der Waals surface area contributed by atoms with Gasteiger partial charge >= 0.3 is 0 Å². The monoisotopic (exact) mass is 233 g/mol. The first-order valence-corrected chi connectivity index (χ1v) is 6.40. The van der Waals surface area contributed by atoms with Gasteiger partial charge in [-0.1, -0.05) is 0 Å². The summed E-state index contributed by atoms with van der Waals surface area (Å²) in [7, 11) is 2.22. The maximum Gasteiger partial charge on any atom is 0.0345 e. The van der Waals surface area contributed by atoms with Crippen LogP contribution < -0.4 is 11.1 Å². The van der Waals surface area contributed by atoms with Crippen molar-refractivity contribution in [1.82, 2.24) is 4.90 Å². The molecular formula is C14H23N3. The Morgan fingerprint density at radius 1 is 1.47 bits per heavy atom. The van der Waals surface area contributed by atoms with Crippen molar-refractivity contribution in [2.24, 2.45) is 0 Å². The van der Waals surface area contributed by atoms with Gasteiger partial charge in [0, 0.05) is 30.0 Å². The van der Waals surface area contributed by atoms with Crippen molar-refractivity contribution in [3.05, 3.63) is 23.8 Å². The first-order chi connectivity index (χ1) is 8.08. The lowest BCUT2D eigenvalue weighted by atomic mass is 10.2. The zero-order chi connectivity index (χ0) is 12.4. The van der Waals surface area contributed by atoms with E-state index in [9.17, 15) is 0 Å². The van der Waals surface area contributed by atoms with Gasteiger partial charge in [-0.15, -0.1) is 0 Å². The average Bonchev–Trinajstić information content (AvgIpc) is 3.13. The number of nitrogens with one attached hydrogen (secondary N) is 1. The highest BCUT2D eigenvalue weighted by molar-refractivity contribution is 5.56. The Morgan fingerprint density at radius 2 is 2.18 bits per heavy atom. The van der Waals surface area contributed by atoms with E-state index in [1.54, 1.807) is 0 Å². The summed E-state index contributed by atoms with van der Waals surface area (Å²) in [5, 5.41) is 3.48. The standard InChI is InChI=1S/C14H23N3/c1-10-8-12(4-7-14(10)15)16-9-11(2)17(3)13-5-6-13/h4,7-8,11,13,16H,5-6,9,15H2,1-3H3. The molecule has 3 nitrogen and oxygen atoms in total. The van der Waals surface area contributed by atoms with Crippen molar-refractivity contribution >= 4 is 11.4 Å². The number of likely N-dealkylation sites (N-methyl/N-ethyl adjacent to an activating group) is 1. The van der Waals surface area contributed by atoms with E-state index in [-0.39, 0.29) is 0 Å². The summed E-state index contributed by atoms with van der Waals surface area (Å²) in [5.74, 6) is 0. The second-order valence-electron chi connectivity index (χ2n) is 5.20. The van der Waals surface area contributed by atoms with Crippen LogP contribution in [-0.4, -0.2) is 30.6 Å². The molecule has 3 heteroatoms. The Kier molecular flexibility index (Phi) is 3.57. The Bertz CT molecular complexity index is 385. The van der Waals surface area contributed by atoms with E-state index >= 15 is 0 Å². The van der Waals surface area contributed by atoms with Crippen molar-refractivity contribution in [1.29, 1.82) is 0 Å². The molecule has 1 atom stereocenters. The molecule has 1 unspecified atom stereocenters. The quantitative estimate of drug-likeness (QED) is 0.768. The van der Waals surface area contributed by atoms with Gasteiger partial charge in [0.05, 0.1) is 0 Å². The van der Waals surface area contributed by atoms with E-state index in [0.29, 0.717) is 6.04 Å². The molecule has 0 aliphatic heterocycles. The van der Waals surface area contributed by atoms with Gasteiger partial charge in [-0.2, -0.15) is 0 Å². The van der Waals surface area contributed by atoms with E-state index in [4.69, 9.17) is 5.73 Å². The molecule has 1 saturated carbocycles. The van der Waals surface area contributed by atoms with Crippen LogP contribution in [0.1, 0.15) is 25.3 Å². The molecule has 1 aliphatic rings. The molecule has 0 amide bonds. The highest BCUT2D eigenvalue weighted by atomic mass is 15.2. The number of rotatable bonds is 5. The van der Waals surface area contributed by atoms with Crippen LogP contribution >= 0.6 is 0 Å². The Balaban J connectivity index is 1.86. The van der Waals surface area contributed by atoms with Crippen LogP contribution in [0.25, 0.3) is 0 Å². The highest BCUT2D eigenvalue weighted by Crippen LogP contribution is 2.27. The Labute approximate surface area is 104 Å². The van der Waals surface area contributed by atoms with Gasteiger partial charge in [-0.25, -0.2) is 0 Å². The highest BCUT2D eigenvalue weighted by Gasteiger charge is 2.28. The molecule has 0 heterocycles. The zero-order valence-corrected chi connectivity index (χ0v) is 11.0. The minimum Gasteiger partial charge on any atom is -0.399 e. The fourth-order valence-corrected chi connectivity index (χ4v) is 2.04. The molecule has 17 heavy (non-hydrogen) atoms. The summed E-state index contributed by atoms with van der Waals surface area (Å²) in [4.78, 5) is 2.47. The van der Waals surface area contributed by atoms with Crippen molar-refractivity contribution in [2.45, 2.75) is 38.8 Å². The molecule has 0 saturated heterocycles. The first-order valence-electron chi connectivity index (χ1n) is 6.40. The van der Waals surface area contributed by atoms with Crippen molar-refractivity contribution in [3.63, 3.8) is 0 Å². The average molecular weight is 233 g/mol. The fraction of sp³-hybridized carbons (Fsp3) is 0.571. The predicted molar refractivity (Wildman–Crippen MR) is 74.3 cm³/mol. The summed E-state index contributed by atoms with van der Waals surface area (Å²) < 4.78 is 0. The lowest BCUT2D eigenvalue weighted by molar-refractivity contribution is 0.257. The number of anilines is 2. The summed E-state index contributed by atoms with van der Waals surface area (Å²) >= 11 is 0. The molecule has 1 aromatic carbocycles. The summed E-state index contributed by atoms with van der Waals surface area (Å²) in [6, 6.07) is 7.51. The fourth-order valence-electron chi connectivity index (χ4n) is 2.04. The second kappa shape index (κ2) is 4.96. The number of hydrogen-bond donors (Lipinski definition) is 2. The molecule has 0 radical (unpaired) electrons. The Morgan fingerprint density at radius 3 is 2.76 bits per heavy atom. The molecule has 3 N–H and O–H groups in total. The number of nitrogens with zero attached hydrogens (tertiary/aromatic N) is 1. The van der Waals surface area contributed by atoms with E-state index in [0.717, 1.165) is 29.5 Å². The molecule has 2 rings (SSSR count). The molecule has 0 bridgehead atoms. The van der Waals surface area contributed by atoms with Crippen LogP contribution in [0.5, 0.6) is 0 Å². The van der Waals surface area contributed by atoms with E-state index in [2.05, 4.69) is 30.3 Å². The van der Waals surface area contributed by atoms with Gasteiger partial charge in [0.25, 0.3) is 0 Å². The normalized spacial score (nSPS) is 17.2. The molecular weight excluding hydrogens is 210 g/mol. The van der Waals surface area contributed by atoms with Crippen LogP contribution in [-0.2, 0) is 0 Å². The third-order valence-electron chi connectivity index (χ3n) is 3.69. The minimum absolute atomic E-state index is 0.570. The van der Waals surface area contributed by atoms with Crippen LogP contribution in [0, 0.1) is 6.92 Å². The molecule has 1 aliphatic carbocycles. The summed E-state index contributed by atoms with van der Waals surface area (Å²) in [5.41, 5.74) is 8.96. The molecule has 94 valence electrons. The van der Waals surface area contributed by atoms with Gasteiger partial charge in [0.15, 0.2) is 0 Å². The number of aryl methyl sites for hydroxylation is 1. The van der Waals surface area contributed by atoms with Gasteiger partial charge in [-0.05, 0) is 57.5 Å². The largest absolute Gasteiger partial charge is 0.399 e. The van der Waals surface area contributed by atoms with Gasteiger partial charge in [-0.3, -0.25) is 4.90 Å². The summed E-state index contributed by atoms with van der Waals surface area (Å²) in [6.07, 6.45) is 2.73. The third kappa shape index (κ3) is 3.13. The number of nitrogen functional groups attached to an aromatic ring is 1. The number of nitrogens with two attached hydrogens (primary N) is 1. The lowest BCUT2D eigenvalue weighted by Crippen LogP contribution is -2.36. The number of benzene rings is 1. The summed E-state index contributed by atoms with van der Waals surface area (Å²) in [6.45, 7) is 5.30. The van der Waals surface area contributed by atoms with Gasteiger partial charge in [0.1, 0.15) is 0 Å². The number of hydrogen-bond acceptors (Lipinski definition) is 3. The molecule has 1 fully saturated rings. The van der Waals surface area contributed by atoms with Gasteiger partial charge in [0.2, 0.25) is 0 Å². The maximum atomic E-state index is 5.80. The first kappa shape index (κ1) is 12.2. The van der Waals surface area contributed by atoms with E-state index < -0.39 is 0 Å². The maximum absolute atomic E-state index is 5.80. The van der Waals surface area contributed by atoms with Crippen molar-refractivity contribution in [3.8, 4) is 0 Å². The topological polar surface area (TPSA) is 41.3 Å². The minimum atomic E-state index is 0.570.